The highest BCUT2D eigenvalue weighted by molar-refractivity contribution is 7.22. The molecule has 0 fully saturated rings. The number of aryl methyl sites for hydroxylation is 1. The molecule has 2 aromatic carbocycles. The first-order valence-electron chi connectivity index (χ1n) is 8.94. The molecule has 1 amide bonds. The van der Waals surface area contributed by atoms with Gasteiger partial charge in [-0.15, -0.1) is 0 Å². The van der Waals surface area contributed by atoms with Gasteiger partial charge in [0.05, 0.1) is 21.7 Å². The van der Waals surface area contributed by atoms with Crippen LogP contribution in [0, 0.1) is 17.0 Å². The summed E-state index contributed by atoms with van der Waals surface area (Å²) in [5, 5.41) is 12.2. The fourth-order valence-electron chi connectivity index (χ4n) is 3.06. The number of halogens is 1. The smallest absolute Gasteiger partial charge is 0.270 e. The molecule has 2 aromatic heterocycles. The lowest BCUT2D eigenvalue weighted by molar-refractivity contribution is -0.384. The Morgan fingerprint density at radius 2 is 1.97 bits per heavy atom. The van der Waals surface area contributed by atoms with E-state index in [4.69, 9.17) is 11.6 Å². The van der Waals surface area contributed by atoms with Crippen molar-refractivity contribution < 1.29 is 9.72 Å². The van der Waals surface area contributed by atoms with E-state index >= 15 is 0 Å². The molecule has 0 N–H and O–H groups in total. The van der Waals surface area contributed by atoms with Crippen LogP contribution in [-0.2, 0) is 6.54 Å². The molecular weight excluding hydrogens is 424 g/mol. The van der Waals surface area contributed by atoms with Crippen LogP contribution in [0.3, 0.4) is 0 Å². The van der Waals surface area contributed by atoms with Crippen molar-refractivity contribution in [1.29, 1.82) is 0 Å². The predicted molar refractivity (Wildman–Crippen MR) is 117 cm³/mol. The van der Waals surface area contributed by atoms with Gasteiger partial charge in [-0.2, -0.15) is 0 Å². The lowest BCUT2D eigenvalue weighted by Gasteiger charge is -2.20. The maximum absolute atomic E-state index is 13.4. The Hall–Kier alpha value is -3.36. The Morgan fingerprint density at radius 3 is 2.70 bits per heavy atom. The van der Waals surface area contributed by atoms with Crippen molar-refractivity contribution in [3.8, 4) is 0 Å². The van der Waals surface area contributed by atoms with Crippen molar-refractivity contribution in [3.63, 3.8) is 0 Å². The average Bonchev–Trinajstić information content (AvgIpc) is 3.16. The lowest BCUT2D eigenvalue weighted by Crippen LogP contribution is -2.30. The van der Waals surface area contributed by atoms with Crippen molar-refractivity contribution >= 4 is 49.9 Å². The molecule has 4 aromatic rings. The van der Waals surface area contributed by atoms with Crippen molar-refractivity contribution in [2.45, 2.75) is 13.5 Å². The highest BCUT2D eigenvalue weighted by atomic mass is 35.5. The average molecular weight is 439 g/mol. The van der Waals surface area contributed by atoms with Crippen LogP contribution < -0.4 is 4.90 Å². The molecule has 0 saturated carbocycles. The summed E-state index contributed by atoms with van der Waals surface area (Å²) in [6.45, 7) is 2.16. The number of rotatable bonds is 5. The second kappa shape index (κ2) is 8.17. The van der Waals surface area contributed by atoms with Gasteiger partial charge in [-0.05, 0) is 48.4 Å². The number of benzene rings is 2. The van der Waals surface area contributed by atoms with Crippen LogP contribution >= 0.6 is 22.9 Å². The van der Waals surface area contributed by atoms with Gasteiger partial charge in [-0.25, -0.2) is 4.98 Å². The molecule has 0 spiro atoms. The SMILES string of the molecule is Cc1cc(Cl)cc2sc(N(Cc3ccncc3)C(=O)c3cccc([N+](=O)[O-])c3)nc12. The quantitative estimate of drug-likeness (QED) is 0.307. The van der Waals surface area contributed by atoms with E-state index in [9.17, 15) is 14.9 Å². The molecule has 0 aliphatic rings. The number of carbonyl (C=O) groups excluding carboxylic acids is 1. The van der Waals surface area contributed by atoms with E-state index in [0.29, 0.717) is 10.2 Å². The molecule has 0 saturated heterocycles. The van der Waals surface area contributed by atoms with Crippen LogP contribution in [0.4, 0.5) is 10.8 Å². The molecule has 0 aliphatic heterocycles. The van der Waals surface area contributed by atoms with Crippen LogP contribution in [0.2, 0.25) is 5.02 Å². The van der Waals surface area contributed by atoms with E-state index in [1.165, 1.54) is 34.4 Å². The van der Waals surface area contributed by atoms with Gasteiger partial charge in [-0.1, -0.05) is 29.0 Å². The van der Waals surface area contributed by atoms with Crippen molar-refractivity contribution in [3.05, 3.63) is 92.8 Å². The number of fused-ring (bicyclic) bond motifs is 1. The summed E-state index contributed by atoms with van der Waals surface area (Å²) in [7, 11) is 0. The lowest BCUT2D eigenvalue weighted by atomic mass is 10.1. The van der Waals surface area contributed by atoms with Crippen molar-refractivity contribution in [1.82, 2.24) is 9.97 Å². The normalized spacial score (nSPS) is 10.9. The maximum atomic E-state index is 13.4. The highest BCUT2D eigenvalue weighted by Crippen LogP contribution is 2.34. The van der Waals surface area contributed by atoms with Crippen LogP contribution in [-0.4, -0.2) is 20.8 Å². The third kappa shape index (κ3) is 4.00. The molecule has 2 heterocycles. The minimum absolute atomic E-state index is 0.142. The minimum atomic E-state index is -0.521. The Balaban J connectivity index is 1.80. The first-order chi connectivity index (χ1) is 14.4. The first kappa shape index (κ1) is 19.9. The number of amides is 1. The number of nitro groups is 1. The van der Waals surface area contributed by atoms with Gasteiger partial charge in [0, 0.05) is 35.1 Å². The number of aromatic nitrogens is 2. The third-order valence-corrected chi connectivity index (χ3v) is 5.75. The standard InChI is InChI=1S/C21H15ClN4O3S/c1-13-9-16(22)11-18-19(13)24-21(30-18)25(12-14-5-7-23-8-6-14)20(27)15-3-2-4-17(10-15)26(28)29/h2-11H,12H2,1H3. The summed E-state index contributed by atoms with van der Waals surface area (Å²) in [5.41, 5.74) is 2.61. The van der Waals surface area contributed by atoms with Gasteiger partial charge in [0.2, 0.25) is 0 Å². The Bertz CT molecular complexity index is 1260. The van der Waals surface area contributed by atoms with Gasteiger partial charge < -0.3 is 0 Å². The number of thiazole rings is 1. The number of anilines is 1. The number of non-ortho nitro benzene ring substituents is 1. The van der Waals surface area contributed by atoms with E-state index in [1.54, 1.807) is 18.5 Å². The molecule has 30 heavy (non-hydrogen) atoms. The highest BCUT2D eigenvalue weighted by Gasteiger charge is 2.23. The van der Waals surface area contributed by atoms with E-state index in [-0.39, 0.29) is 23.7 Å². The minimum Gasteiger partial charge on any atom is -0.279 e. The predicted octanol–water partition coefficient (Wildman–Crippen LogP) is 5.41. The Morgan fingerprint density at radius 1 is 1.20 bits per heavy atom. The summed E-state index contributed by atoms with van der Waals surface area (Å²) >= 11 is 7.52. The van der Waals surface area contributed by atoms with Gasteiger partial charge in [0.25, 0.3) is 11.6 Å². The molecular formula is C21H15ClN4O3S. The summed E-state index contributed by atoms with van der Waals surface area (Å²) in [6.07, 6.45) is 3.29. The van der Waals surface area contributed by atoms with E-state index in [2.05, 4.69) is 9.97 Å². The van der Waals surface area contributed by atoms with Crippen LogP contribution in [0.1, 0.15) is 21.5 Å². The van der Waals surface area contributed by atoms with Gasteiger partial charge >= 0.3 is 0 Å². The number of hydrogen-bond acceptors (Lipinski definition) is 6. The molecule has 0 radical (unpaired) electrons. The molecule has 9 heteroatoms. The second-order valence-electron chi connectivity index (χ2n) is 6.62. The summed E-state index contributed by atoms with van der Waals surface area (Å²) in [4.78, 5) is 34.2. The van der Waals surface area contributed by atoms with Gasteiger partial charge in [0.1, 0.15) is 0 Å². The molecule has 4 rings (SSSR count). The summed E-state index contributed by atoms with van der Waals surface area (Å²) < 4.78 is 0.863. The number of carbonyl (C=O) groups is 1. The van der Waals surface area contributed by atoms with Crippen LogP contribution in [0.15, 0.2) is 60.9 Å². The van der Waals surface area contributed by atoms with Crippen LogP contribution in [0.5, 0.6) is 0 Å². The summed E-state index contributed by atoms with van der Waals surface area (Å²) in [6, 6.07) is 12.9. The second-order valence-corrected chi connectivity index (χ2v) is 8.07. The zero-order valence-electron chi connectivity index (χ0n) is 15.8. The topological polar surface area (TPSA) is 89.2 Å². The molecule has 150 valence electrons. The van der Waals surface area contributed by atoms with E-state index < -0.39 is 4.92 Å². The van der Waals surface area contributed by atoms with E-state index in [0.717, 1.165) is 21.3 Å². The zero-order valence-corrected chi connectivity index (χ0v) is 17.4. The van der Waals surface area contributed by atoms with Crippen LogP contribution in [0.25, 0.3) is 10.2 Å². The Labute approximate surface area is 180 Å². The maximum Gasteiger partial charge on any atom is 0.270 e. The third-order valence-electron chi connectivity index (χ3n) is 4.51. The fourth-order valence-corrected chi connectivity index (χ4v) is 4.48. The monoisotopic (exact) mass is 438 g/mol. The molecule has 0 aliphatic carbocycles. The summed E-state index contributed by atoms with van der Waals surface area (Å²) in [5.74, 6) is -0.377. The zero-order chi connectivity index (χ0) is 21.3. The Kier molecular flexibility index (Phi) is 5.43. The first-order valence-corrected chi connectivity index (χ1v) is 10.1. The number of nitrogens with zero attached hydrogens (tertiary/aromatic N) is 4. The molecule has 0 unspecified atom stereocenters. The molecule has 0 bridgehead atoms. The number of hydrogen-bond donors (Lipinski definition) is 0. The molecule has 0 atom stereocenters. The van der Waals surface area contributed by atoms with Gasteiger partial charge in [-0.3, -0.25) is 24.8 Å². The number of nitro benzene ring substituents is 1. The largest absolute Gasteiger partial charge is 0.279 e. The number of pyridine rings is 1. The molecule has 7 nitrogen and oxygen atoms in total. The van der Waals surface area contributed by atoms with E-state index in [1.807, 2.05) is 31.2 Å². The van der Waals surface area contributed by atoms with Crippen molar-refractivity contribution in [2.24, 2.45) is 0 Å². The van der Waals surface area contributed by atoms with Gasteiger partial charge in [0.15, 0.2) is 5.13 Å². The van der Waals surface area contributed by atoms with Crippen molar-refractivity contribution in [2.75, 3.05) is 4.90 Å². The fraction of sp³-hybridized carbons (Fsp3) is 0.0952.